The van der Waals surface area contributed by atoms with Crippen LogP contribution in [0.15, 0.2) is 153 Å². The van der Waals surface area contributed by atoms with Gasteiger partial charge in [0.2, 0.25) is 0 Å². The van der Waals surface area contributed by atoms with Crippen LogP contribution < -0.4 is 0 Å². The molecule has 0 saturated carbocycles. The summed E-state index contributed by atoms with van der Waals surface area (Å²) in [6.07, 6.45) is 14.6. The largest absolute Gasteiger partial charge is 0.135 e. The predicted octanol–water partition coefficient (Wildman–Crippen LogP) is 15.0. The fourth-order valence-electron chi connectivity index (χ4n) is 7.94. The summed E-state index contributed by atoms with van der Waals surface area (Å²) in [6.45, 7) is 14.7. The zero-order chi connectivity index (χ0) is 34.4. The molecule has 0 N–H and O–H groups in total. The molecule has 0 fully saturated rings. The van der Waals surface area contributed by atoms with Crippen molar-refractivity contribution < 1.29 is 0 Å². The Balaban J connectivity index is 1.44. The number of thiophene rings is 1. The Hall–Kier alpha value is -5.76. The van der Waals surface area contributed by atoms with E-state index < -0.39 is 0 Å². The van der Waals surface area contributed by atoms with Crippen molar-refractivity contribution in [3.63, 3.8) is 0 Å². The van der Waals surface area contributed by atoms with E-state index in [1.165, 1.54) is 91.4 Å². The van der Waals surface area contributed by atoms with Gasteiger partial charge in [0.05, 0.1) is 0 Å². The summed E-state index contributed by atoms with van der Waals surface area (Å²) in [5.74, 6) is 0. The molecule has 0 atom stereocenters. The molecule has 0 aliphatic rings. The first kappa shape index (κ1) is 31.5. The van der Waals surface area contributed by atoms with Crippen LogP contribution in [0, 0.1) is 6.92 Å². The van der Waals surface area contributed by atoms with Crippen LogP contribution in [-0.4, -0.2) is 0 Å². The van der Waals surface area contributed by atoms with Crippen molar-refractivity contribution in [1.82, 2.24) is 0 Å². The molecule has 0 aliphatic carbocycles. The topological polar surface area (TPSA) is 0 Å². The van der Waals surface area contributed by atoms with Gasteiger partial charge in [0, 0.05) is 25.7 Å². The van der Waals surface area contributed by atoms with Crippen molar-refractivity contribution in [3.8, 4) is 22.3 Å². The maximum absolute atomic E-state index is 4.35. The van der Waals surface area contributed by atoms with Gasteiger partial charge in [-0.1, -0.05) is 153 Å². The summed E-state index contributed by atoms with van der Waals surface area (Å²) in [5.41, 5.74) is 11.0. The molecule has 0 unspecified atom stereocenters. The molecule has 0 nitrogen and oxygen atoms in total. The third kappa shape index (κ3) is 4.89. The fraction of sp³-hybridized carbons (Fsp3) is 0.0612. The first-order chi connectivity index (χ1) is 24.6. The molecular weight excluding hydrogens is 621 g/mol. The minimum Gasteiger partial charge on any atom is -0.135 e. The minimum atomic E-state index is 1.14. The first-order valence-electron chi connectivity index (χ1n) is 17.2. The first-order valence-corrected chi connectivity index (χ1v) is 18.1. The third-order valence-corrected chi connectivity index (χ3v) is 11.3. The minimum absolute atomic E-state index is 1.14. The quantitative estimate of drug-likeness (QED) is 0.118. The second kappa shape index (κ2) is 12.9. The molecule has 1 heteroatoms. The standard InChI is InChI=1S/C49H38S/c1-6-10-19-32(8-3)46-34(9-4)37(18-7-2)48(41-25-16-15-24-40(41)46)43-27-17-26-42-44-30-33(28-29-45(44)50-49(42)43)47-38-22-13-11-20-35(38)31(5)36-21-12-14-23-39(36)47/h6-30H,1,4H2,2-3,5H3/b18-7-,19-10-,32-8+. The monoisotopic (exact) mass is 658 g/mol. The van der Waals surface area contributed by atoms with Crippen molar-refractivity contribution in [3.05, 3.63) is 175 Å². The number of aryl methyl sites for hydroxylation is 1. The van der Waals surface area contributed by atoms with Crippen LogP contribution in [0.25, 0.3) is 92.5 Å². The summed E-state index contributed by atoms with van der Waals surface area (Å²) >= 11 is 1.89. The van der Waals surface area contributed by atoms with Crippen LogP contribution in [0.3, 0.4) is 0 Å². The number of benzene rings is 7. The second-order valence-electron chi connectivity index (χ2n) is 12.8. The van der Waals surface area contributed by atoms with Gasteiger partial charge in [-0.25, -0.2) is 0 Å². The zero-order valence-corrected chi connectivity index (χ0v) is 29.6. The lowest BCUT2D eigenvalue weighted by Crippen LogP contribution is -1.98. The summed E-state index contributed by atoms with van der Waals surface area (Å²) in [7, 11) is 0. The summed E-state index contributed by atoms with van der Waals surface area (Å²) in [4.78, 5) is 0. The number of hydrogen-bond donors (Lipinski definition) is 0. The molecule has 0 amide bonds. The highest BCUT2D eigenvalue weighted by Gasteiger charge is 2.22. The Kier molecular flexibility index (Phi) is 8.15. The lowest BCUT2D eigenvalue weighted by molar-refractivity contribution is 1.57. The number of hydrogen-bond acceptors (Lipinski definition) is 1. The highest BCUT2D eigenvalue weighted by molar-refractivity contribution is 7.26. The smallest absolute Gasteiger partial charge is 0.0434 e. The van der Waals surface area contributed by atoms with Crippen LogP contribution in [0.5, 0.6) is 0 Å². The molecule has 0 spiro atoms. The van der Waals surface area contributed by atoms with Crippen LogP contribution in [0.4, 0.5) is 0 Å². The molecule has 0 aliphatic heterocycles. The summed E-state index contributed by atoms with van der Waals surface area (Å²) < 4.78 is 2.59. The Bertz CT molecular complexity index is 2700. The van der Waals surface area contributed by atoms with E-state index in [2.05, 4.69) is 167 Å². The molecule has 7 aromatic carbocycles. The van der Waals surface area contributed by atoms with Crippen LogP contribution >= 0.6 is 11.3 Å². The van der Waals surface area contributed by atoms with Crippen molar-refractivity contribution >= 4 is 81.6 Å². The maximum atomic E-state index is 4.35. The molecule has 0 saturated heterocycles. The van der Waals surface area contributed by atoms with Gasteiger partial charge in [-0.15, -0.1) is 11.3 Å². The van der Waals surface area contributed by atoms with Crippen molar-refractivity contribution in [2.24, 2.45) is 0 Å². The Morgan fingerprint density at radius 1 is 0.620 bits per heavy atom. The summed E-state index contributed by atoms with van der Waals surface area (Å²) in [5, 5.41) is 10.2. The molecule has 240 valence electrons. The Labute approximate surface area is 298 Å². The van der Waals surface area contributed by atoms with Crippen molar-refractivity contribution in [1.29, 1.82) is 0 Å². The molecule has 1 aromatic heterocycles. The average Bonchev–Trinajstić information content (AvgIpc) is 3.54. The number of allylic oxidation sites excluding steroid dienone is 6. The van der Waals surface area contributed by atoms with Gasteiger partial charge in [-0.05, 0) is 110 Å². The van der Waals surface area contributed by atoms with Gasteiger partial charge >= 0.3 is 0 Å². The number of rotatable bonds is 7. The van der Waals surface area contributed by atoms with Gasteiger partial charge in [0.25, 0.3) is 0 Å². The molecule has 50 heavy (non-hydrogen) atoms. The molecule has 8 aromatic rings. The fourth-order valence-corrected chi connectivity index (χ4v) is 9.14. The molecule has 1 heterocycles. The van der Waals surface area contributed by atoms with E-state index in [1.807, 2.05) is 29.6 Å². The second-order valence-corrected chi connectivity index (χ2v) is 13.8. The molecule has 0 radical (unpaired) electrons. The van der Waals surface area contributed by atoms with Crippen LogP contribution in [0.2, 0.25) is 0 Å². The Morgan fingerprint density at radius 3 is 1.86 bits per heavy atom. The number of fused-ring (bicyclic) bond motifs is 6. The zero-order valence-electron chi connectivity index (χ0n) is 28.8. The van der Waals surface area contributed by atoms with Crippen LogP contribution in [0.1, 0.15) is 36.1 Å². The lowest BCUT2D eigenvalue weighted by atomic mass is 9.82. The van der Waals surface area contributed by atoms with Gasteiger partial charge in [0.1, 0.15) is 0 Å². The SMILES string of the molecule is C=C/C=C\C(=C/C)c1c(C=C)c(/C=C\C)c(-c2cccc3c2sc2ccc(-c4c5ccccc5c(C)c5ccccc45)cc23)c2ccccc12. The normalized spacial score (nSPS) is 12.4. The average molecular weight is 659 g/mol. The van der Waals surface area contributed by atoms with Gasteiger partial charge < -0.3 is 0 Å². The van der Waals surface area contributed by atoms with E-state index in [-0.39, 0.29) is 0 Å². The molecular formula is C49H38S. The van der Waals surface area contributed by atoms with Gasteiger partial charge in [-0.3, -0.25) is 0 Å². The lowest BCUT2D eigenvalue weighted by Gasteiger charge is -2.21. The molecule has 8 rings (SSSR count). The maximum Gasteiger partial charge on any atom is 0.0434 e. The van der Waals surface area contributed by atoms with Gasteiger partial charge in [0.15, 0.2) is 0 Å². The van der Waals surface area contributed by atoms with E-state index in [1.54, 1.807) is 0 Å². The van der Waals surface area contributed by atoms with E-state index >= 15 is 0 Å². The van der Waals surface area contributed by atoms with Crippen LogP contribution in [-0.2, 0) is 0 Å². The third-order valence-electron chi connectivity index (χ3n) is 10.1. The highest BCUT2D eigenvalue weighted by atomic mass is 32.1. The Morgan fingerprint density at radius 2 is 1.24 bits per heavy atom. The van der Waals surface area contributed by atoms with E-state index in [0.29, 0.717) is 0 Å². The van der Waals surface area contributed by atoms with Crippen molar-refractivity contribution in [2.75, 3.05) is 0 Å². The van der Waals surface area contributed by atoms with Crippen molar-refractivity contribution in [2.45, 2.75) is 20.8 Å². The van der Waals surface area contributed by atoms with E-state index in [0.717, 1.165) is 11.1 Å². The van der Waals surface area contributed by atoms with E-state index in [9.17, 15) is 0 Å². The van der Waals surface area contributed by atoms with Gasteiger partial charge in [-0.2, -0.15) is 0 Å². The van der Waals surface area contributed by atoms with E-state index in [4.69, 9.17) is 0 Å². The highest BCUT2D eigenvalue weighted by Crippen LogP contribution is 2.48. The predicted molar refractivity (Wildman–Crippen MR) is 225 cm³/mol. The summed E-state index contributed by atoms with van der Waals surface area (Å²) in [6, 6.07) is 40.4. The molecule has 0 bridgehead atoms.